The normalized spacial score (nSPS) is 10.4. The van der Waals surface area contributed by atoms with Gasteiger partial charge in [0.25, 0.3) is 5.91 Å². The van der Waals surface area contributed by atoms with Gasteiger partial charge in [-0.05, 0) is 36.4 Å². The van der Waals surface area contributed by atoms with Gasteiger partial charge in [0.15, 0.2) is 0 Å². The van der Waals surface area contributed by atoms with E-state index >= 15 is 0 Å². The van der Waals surface area contributed by atoms with Crippen LogP contribution in [0.4, 0.5) is 5.69 Å². The van der Waals surface area contributed by atoms with Crippen LogP contribution in [0.5, 0.6) is 0 Å². The lowest BCUT2D eigenvalue weighted by Crippen LogP contribution is -2.11. The number of hydrogen-bond donors (Lipinski definition) is 1. The van der Waals surface area contributed by atoms with Gasteiger partial charge in [-0.25, -0.2) is 9.97 Å². The second-order valence-corrected chi connectivity index (χ2v) is 5.68. The Hall–Kier alpha value is -3.98. The van der Waals surface area contributed by atoms with Crippen LogP contribution in [0, 0.1) is 11.3 Å². The van der Waals surface area contributed by atoms with Crippen molar-refractivity contribution in [3.05, 3.63) is 84.3 Å². The van der Waals surface area contributed by atoms with Crippen LogP contribution in [-0.2, 0) is 0 Å². The van der Waals surface area contributed by atoms with Gasteiger partial charge < -0.3 is 5.32 Å². The Morgan fingerprint density at radius 1 is 1.12 bits per heavy atom. The summed E-state index contributed by atoms with van der Waals surface area (Å²) in [5.41, 5.74) is 3.18. The molecule has 2 heterocycles. The lowest BCUT2D eigenvalue weighted by molar-refractivity contribution is 0.102. The molecule has 0 saturated carbocycles. The Kier molecular flexibility index (Phi) is 3.88. The predicted octanol–water partition coefficient (Wildman–Crippen LogP) is 3.52. The third kappa shape index (κ3) is 3.01. The highest BCUT2D eigenvalue weighted by atomic mass is 16.1. The maximum atomic E-state index is 12.4. The Bertz CT molecular complexity index is 1120. The van der Waals surface area contributed by atoms with Gasteiger partial charge in [0.05, 0.1) is 17.3 Å². The summed E-state index contributed by atoms with van der Waals surface area (Å²) < 4.78 is 1.84. The maximum absolute atomic E-state index is 12.4. The lowest BCUT2D eigenvalue weighted by Gasteiger charge is -2.07. The number of rotatable bonds is 3. The molecule has 0 aliphatic heterocycles. The number of carbonyl (C=O) groups is 1. The van der Waals surface area contributed by atoms with E-state index in [-0.39, 0.29) is 5.91 Å². The second kappa shape index (κ2) is 6.49. The Balaban J connectivity index is 1.61. The van der Waals surface area contributed by atoms with Crippen molar-refractivity contribution in [2.75, 3.05) is 5.32 Å². The molecule has 0 fully saturated rings. The Labute approximate surface area is 149 Å². The SMILES string of the molecule is N#Cc1cccc(C(=O)Nc2cccc(-c3cn4cccnc4n3)c2)c1. The van der Waals surface area contributed by atoms with E-state index in [1.54, 1.807) is 30.5 Å². The van der Waals surface area contributed by atoms with Crippen molar-refractivity contribution >= 4 is 17.4 Å². The quantitative estimate of drug-likeness (QED) is 0.619. The number of benzene rings is 2. The number of nitrogens with one attached hydrogen (secondary N) is 1. The molecular formula is C20H13N5O. The number of aromatic nitrogens is 3. The molecular weight excluding hydrogens is 326 g/mol. The number of carbonyl (C=O) groups excluding carboxylic acids is 1. The summed E-state index contributed by atoms with van der Waals surface area (Å²) in [6.45, 7) is 0. The number of anilines is 1. The van der Waals surface area contributed by atoms with Gasteiger partial charge >= 0.3 is 0 Å². The third-order valence-electron chi connectivity index (χ3n) is 3.91. The summed E-state index contributed by atoms with van der Waals surface area (Å²) in [5.74, 6) is 0.348. The van der Waals surface area contributed by atoms with Gasteiger partial charge in [0, 0.05) is 35.4 Å². The summed E-state index contributed by atoms with van der Waals surface area (Å²) in [5, 5.41) is 11.8. The molecule has 1 N–H and O–H groups in total. The average molecular weight is 339 g/mol. The van der Waals surface area contributed by atoms with Gasteiger partial charge in [0.1, 0.15) is 0 Å². The largest absolute Gasteiger partial charge is 0.322 e. The first kappa shape index (κ1) is 15.5. The van der Waals surface area contributed by atoms with Crippen molar-refractivity contribution in [1.29, 1.82) is 5.26 Å². The Morgan fingerprint density at radius 2 is 2.00 bits per heavy atom. The molecule has 1 amide bonds. The zero-order valence-electron chi connectivity index (χ0n) is 13.6. The van der Waals surface area contributed by atoms with E-state index in [9.17, 15) is 4.79 Å². The van der Waals surface area contributed by atoms with Crippen LogP contribution in [-0.4, -0.2) is 20.3 Å². The number of hydrogen-bond acceptors (Lipinski definition) is 4. The molecule has 26 heavy (non-hydrogen) atoms. The number of imidazole rings is 1. The van der Waals surface area contributed by atoms with Crippen molar-refractivity contribution in [3.8, 4) is 17.3 Å². The summed E-state index contributed by atoms with van der Waals surface area (Å²) in [7, 11) is 0. The number of nitrogens with zero attached hydrogens (tertiary/aromatic N) is 4. The summed E-state index contributed by atoms with van der Waals surface area (Å²) >= 11 is 0. The van der Waals surface area contributed by atoms with Crippen molar-refractivity contribution in [2.24, 2.45) is 0 Å². The highest BCUT2D eigenvalue weighted by Crippen LogP contribution is 2.22. The molecule has 2 aromatic carbocycles. The van der Waals surface area contributed by atoms with Crippen molar-refractivity contribution in [3.63, 3.8) is 0 Å². The molecule has 0 spiro atoms. The molecule has 6 nitrogen and oxygen atoms in total. The van der Waals surface area contributed by atoms with Crippen LogP contribution in [0.25, 0.3) is 17.0 Å². The molecule has 4 rings (SSSR count). The van der Waals surface area contributed by atoms with E-state index < -0.39 is 0 Å². The minimum Gasteiger partial charge on any atom is -0.322 e. The molecule has 0 unspecified atom stereocenters. The minimum atomic E-state index is -0.268. The number of fused-ring (bicyclic) bond motifs is 1. The van der Waals surface area contributed by atoms with Crippen molar-refractivity contribution < 1.29 is 4.79 Å². The van der Waals surface area contributed by atoms with E-state index in [0.29, 0.717) is 22.6 Å². The van der Waals surface area contributed by atoms with Crippen molar-refractivity contribution in [2.45, 2.75) is 0 Å². The first-order valence-electron chi connectivity index (χ1n) is 7.94. The molecule has 0 aliphatic carbocycles. The molecule has 2 aromatic heterocycles. The van der Waals surface area contributed by atoms with E-state index in [4.69, 9.17) is 5.26 Å². The highest BCUT2D eigenvalue weighted by Gasteiger charge is 2.09. The topological polar surface area (TPSA) is 83.1 Å². The zero-order valence-corrected chi connectivity index (χ0v) is 13.6. The van der Waals surface area contributed by atoms with Gasteiger partial charge in [0.2, 0.25) is 5.78 Å². The van der Waals surface area contributed by atoms with Gasteiger partial charge in [-0.3, -0.25) is 9.20 Å². The van der Waals surface area contributed by atoms with Gasteiger partial charge in [-0.2, -0.15) is 5.26 Å². The minimum absolute atomic E-state index is 0.268. The van der Waals surface area contributed by atoms with E-state index in [1.807, 2.05) is 53.2 Å². The number of amides is 1. The molecule has 6 heteroatoms. The van der Waals surface area contributed by atoms with E-state index in [0.717, 1.165) is 11.3 Å². The van der Waals surface area contributed by atoms with Crippen LogP contribution < -0.4 is 5.32 Å². The fourth-order valence-electron chi connectivity index (χ4n) is 2.66. The molecule has 4 aromatic rings. The smallest absolute Gasteiger partial charge is 0.255 e. The second-order valence-electron chi connectivity index (χ2n) is 5.68. The van der Waals surface area contributed by atoms with E-state index in [2.05, 4.69) is 15.3 Å². The fourth-order valence-corrected chi connectivity index (χ4v) is 2.66. The maximum Gasteiger partial charge on any atom is 0.255 e. The Morgan fingerprint density at radius 3 is 2.85 bits per heavy atom. The monoisotopic (exact) mass is 339 g/mol. The van der Waals surface area contributed by atoms with Gasteiger partial charge in [-0.15, -0.1) is 0 Å². The molecule has 124 valence electrons. The molecule has 0 radical (unpaired) electrons. The van der Waals surface area contributed by atoms with Crippen LogP contribution in [0.2, 0.25) is 0 Å². The summed E-state index contributed by atoms with van der Waals surface area (Å²) in [4.78, 5) is 21.1. The average Bonchev–Trinajstić information content (AvgIpc) is 3.12. The van der Waals surface area contributed by atoms with Gasteiger partial charge in [-0.1, -0.05) is 18.2 Å². The first-order chi connectivity index (χ1) is 12.7. The molecule has 0 bridgehead atoms. The van der Waals surface area contributed by atoms with Crippen LogP contribution in [0.15, 0.2) is 73.2 Å². The molecule has 0 atom stereocenters. The summed E-state index contributed by atoms with van der Waals surface area (Å²) in [6, 6.07) is 17.9. The van der Waals surface area contributed by atoms with Crippen molar-refractivity contribution in [1.82, 2.24) is 14.4 Å². The lowest BCUT2D eigenvalue weighted by atomic mass is 10.1. The zero-order chi connectivity index (χ0) is 17.9. The predicted molar refractivity (Wildman–Crippen MR) is 97.5 cm³/mol. The molecule has 0 aliphatic rings. The molecule has 0 saturated heterocycles. The van der Waals surface area contributed by atoms with E-state index in [1.165, 1.54) is 0 Å². The third-order valence-corrected chi connectivity index (χ3v) is 3.91. The number of nitriles is 1. The van der Waals surface area contributed by atoms with Crippen LogP contribution >= 0.6 is 0 Å². The van der Waals surface area contributed by atoms with Crippen LogP contribution in [0.1, 0.15) is 15.9 Å². The van der Waals surface area contributed by atoms with Crippen LogP contribution in [0.3, 0.4) is 0 Å². The summed E-state index contributed by atoms with van der Waals surface area (Å²) in [6.07, 6.45) is 5.46. The highest BCUT2D eigenvalue weighted by molar-refractivity contribution is 6.04. The fraction of sp³-hybridized carbons (Fsp3) is 0. The standard InChI is InChI=1S/C20H13N5O/c21-12-14-4-1-6-16(10-14)19(26)23-17-7-2-5-15(11-17)18-13-25-9-3-8-22-20(25)24-18/h1-11,13H,(H,23,26). The first-order valence-corrected chi connectivity index (χ1v) is 7.94.